The minimum absolute atomic E-state index is 0. The molecule has 2 N–H and O–H groups in total. The normalized spacial score (nSPS) is 13.2. The van der Waals surface area contributed by atoms with Crippen LogP contribution in [0.1, 0.15) is 38.9 Å². The van der Waals surface area contributed by atoms with Gasteiger partial charge >= 0.3 is 0 Å². The number of unbranched alkanes of at least 4 members (excludes halogenated alkanes) is 1. The Kier molecular flexibility index (Phi) is 12.1. The van der Waals surface area contributed by atoms with Gasteiger partial charge in [-0.05, 0) is 40.0 Å². The van der Waals surface area contributed by atoms with Gasteiger partial charge in [0.25, 0.3) is 0 Å². The molecule has 0 saturated heterocycles. The van der Waals surface area contributed by atoms with E-state index in [4.69, 9.17) is 0 Å². The largest absolute Gasteiger partial charge is 0.357 e. The Bertz CT molecular complexity index is 616. The van der Waals surface area contributed by atoms with Gasteiger partial charge in [0.15, 0.2) is 5.96 Å². The van der Waals surface area contributed by atoms with Gasteiger partial charge in [-0.15, -0.1) is 24.0 Å². The molecule has 0 amide bonds. The maximum absolute atomic E-state index is 11.2. The molecule has 1 rings (SSSR count). The van der Waals surface area contributed by atoms with Gasteiger partial charge in [-0.3, -0.25) is 4.99 Å². The summed E-state index contributed by atoms with van der Waals surface area (Å²) >= 11 is 0. The molecular weight excluding hydrogens is 453 g/mol. The lowest BCUT2D eigenvalue weighted by atomic mass is 10.2. The van der Waals surface area contributed by atoms with Crippen molar-refractivity contribution < 1.29 is 8.42 Å². The van der Waals surface area contributed by atoms with Crippen molar-refractivity contribution in [3.05, 3.63) is 18.2 Å². The highest BCUT2D eigenvalue weighted by Gasteiger charge is 2.09. The number of sulfone groups is 1. The summed E-state index contributed by atoms with van der Waals surface area (Å²) in [6, 6.07) is 0.0612. The molecule has 0 aliphatic heterocycles. The van der Waals surface area contributed by atoms with Gasteiger partial charge in [0.05, 0.1) is 5.75 Å². The second-order valence-corrected chi connectivity index (χ2v) is 8.36. The first-order valence-electron chi connectivity index (χ1n) is 8.52. The summed E-state index contributed by atoms with van der Waals surface area (Å²) < 4.78 is 24.6. The molecule has 25 heavy (non-hydrogen) atoms. The van der Waals surface area contributed by atoms with E-state index >= 15 is 0 Å². The second-order valence-electron chi connectivity index (χ2n) is 6.10. The lowest BCUT2D eigenvalue weighted by molar-refractivity contribution is 0.579. The van der Waals surface area contributed by atoms with E-state index in [1.54, 1.807) is 0 Å². The standard InChI is InChI=1S/C16H31N5O2S.HI/c1-5-17-16(20-14(2)8-13-24(4,22)23)19-9-6-7-11-21-12-10-18-15(21)3;/h10,12,14H,5-9,11,13H2,1-4H3,(H2,17,19,20);1H. The van der Waals surface area contributed by atoms with E-state index in [0.29, 0.717) is 6.42 Å². The van der Waals surface area contributed by atoms with E-state index in [-0.39, 0.29) is 35.8 Å². The van der Waals surface area contributed by atoms with Crippen LogP contribution in [0.25, 0.3) is 0 Å². The van der Waals surface area contributed by atoms with E-state index in [0.717, 1.165) is 44.3 Å². The van der Waals surface area contributed by atoms with Crippen molar-refractivity contribution in [3.8, 4) is 0 Å². The molecule has 0 bridgehead atoms. The Morgan fingerprint density at radius 2 is 2.12 bits per heavy atom. The van der Waals surface area contributed by atoms with Crippen LogP contribution in [0.5, 0.6) is 0 Å². The Labute approximate surface area is 169 Å². The first-order valence-corrected chi connectivity index (χ1v) is 10.6. The van der Waals surface area contributed by atoms with Crippen LogP contribution in [-0.2, 0) is 16.4 Å². The number of nitrogens with zero attached hydrogens (tertiary/aromatic N) is 3. The Morgan fingerprint density at radius 3 is 2.68 bits per heavy atom. The van der Waals surface area contributed by atoms with Crippen molar-refractivity contribution in [2.24, 2.45) is 4.99 Å². The van der Waals surface area contributed by atoms with Crippen LogP contribution in [-0.4, -0.2) is 55.1 Å². The summed E-state index contributed by atoms with van der Waals surface area (Å²) in [5.74, 6) is 1.97. The van der Waals surface area contributed by atoms with Crippen LogP contribution < -0.4 is 10.6 Å². The number of hydrogen-bond donors (Lipinski definition) is 2. The molecule has 1 aromatic heterocycles. The molecule has 0 spiro atoms. The molecule has 1 atom stereocenters. The quantitative estimate of drug-likeness (QED) is 0.229. The number of aryl methyl sites for hydroxylation is 2. The topological polar surface area (TPSA) is 88.4 Å². The van der Waals surface area contributed by atoms with E-state index in [9.17, 15) is 8.42 Å². The molecule has 9 heteroatoms. The van der Waals surface area contributed by atoms with Crippen molar-refractivity contribution in [2.45, 2.75) is 52.6 Å². The van der Waals surface area contributed by atoms with Crippen molar-refractivity contribution >= 4 is 39.8 Å². The predicted molar refractivity (Wildman–Crippen MR) is 115 cm³/mol. The van der Waals surface area contributed by atoms with Gasteiger partial charge in [-0.2, -0.15) is 0 Å². The maximum Gasteiger partial charge on any atom is 0.191 e. The lowest BCUT2D eigenvalue weighted by Gasteiger charge is -2.17. The van der Waals surface area contributed by atoms with Gasteiger partial charge in [0.1, 0.15) is 15.7 Å². The number of imidazole rings is 1. The average Bonchev–Trinajstić information content (AvgIpc) is 2.89. The smallest absolute Gasteiger partial charge is 0.191 e. The fourth-order valence-corrected chi connectivity index (χ4v) is 3.02. The molecule has 1 aromatic rings. The molecule has 0 aromatic carbocycles. The molecule has 0 aliphatic rings. The van der Waals surface area contributed by atoms with Crippen molar-refractivity contribution in [1.82, 2.24) is 20.2 Å². The number of rotatable bonds is 10. The summed E-state index contributed by atoms with van der Waals surface area (Å²) in [5.41, 5.74) is 0. The zero-order valence-electron chi connectivity index (χ0n) is 15.7. The third-order valence-electron chi connectivity index (χ3n) is 3.65. The Morgan fingerprint density at radius 1 is 1.40 bits per heavy atom. The number of hydrogen-bond acceptors (Lipinski definition) is 4. The molecule has 0 radical (unpaired) electrons. The minimum atomic E-state index is -2.92. The van der Waals surface area contributed by atoms with E-state index < -0.39 is 9.84 Å². The van der Waals surface area contributed by atoms with Gasteiger partial charge in [-0.1, -0.05) is 0 Å². The fraction of sp³-hybridized carbons (Fsp3) is 0.750. The van der Waals surface area contributed by atoms with Crippen molar-refractivity contribution in [3.63, 3.8) is 0 Å². The van der Waals surface area contributed by atoms with Gasteiger partial charge in [-0.25, -0.2) is 13.4 Å². The summed E-state index contributed by atoms with van der Waals surface area (Å²) in [7, 11) is -2.92. The molecule has 7 nitrogen and oxygen atoms in total. The van der Waals surface area contributed by atoms with Crippen LogP contribution in [0.2, 0.25) is 0 Å². The predicted octanol–water partition coefficient (Wildman–Crippen LogP) is 1.97. The van der Waals surface area contributed by atoms with Gasteiger partial charge in [0.2, 0.25) is 0 Å². The van der Waals surface area contributed by atoms with Gasteiger partial charge in [0, 0.05) is 44.3 Å². The maximum atomic E-state index is 11.2. The first kappa shape index (κ1) is 24.2. The molecule has 146 valence electrons. The lowest BCUT2D eigenvalue weighted by Crippen LogP contribution is -2.42. The highest BCUT2D eigenvalue weighted by atomic mass is 127. The van der Waals surface area contributed by atoms with E-state index in [1.165, 1.54) is 6.26 Å². The molecule has 1 unspecified atom stereocenters. The highest BCUT2D eigenvalue weighted by Crippen LogP contribution is 2.00. The van der Waals surface area contributed by atoms with Crippen LogP contribution in [0.4, 0.5) is 0 Å². The van der Waals surface area contributed by atoms with E-state index in [1.807, 2.05) is 33.2 Å². The second kappa shape index (κ2) is 12.5. The SMILES string of the molecule is CCNC(=NCCCCn1ccnc1C)NC(C)CCS(C)(=O)=O.I. The number of aliphatic imine (C=N–C) groups is 1. The van der Waals surface area contributed by atoms with Crippen molar-refractivity contribution in [1.29, 1.82) is 0 Å². The summed E-state index contributed by atoms with van der Waals surface area (Å²) in [4.78, 5) is 8.77. The zero-order chi connectivity index (χ0) is 18.0. The van der Waals surface area contributed by atoms with Gasteiger partial charge < -0.3 is 15.2 Å². The third-order valence-corrected chi connectivity index (χ3v) is 4.63. The zero-order valence-corrected chi connectivity index (χ0v) is 18.8. The molecule has 1 heterocycles. The Balaban J connectivity index is 0.00000576. The monoisotopic (exact) mass is 485 g/mol. The van der Waals surface area contributed by atoms with Crippen molar-refractivity contribution in [2.75, 3.05) is 25.1 Å². The number of aromatic nitrogens is 2. The van der Waals surface area contributed by atoms with Crippen LogP contribution in [0, 0.1) is 6.92 Å². The fourth-order valence-electron chi connectivity index (χ4n) is 2.24. The summed E-state index contributed by atoms with van der Waals surface area (Å²) in [5, 5.41) is 6.46. The molecule has 0 aliphatic carbocycles. The molecular formula is C16H32IN5O2S. The summed E-state index contributed by atoms with van der Waals surface area (Å²) in [6.45, 7) is 8.46. The van der Waals surface area contributed by atoms with Crippen LogP contribution in [0.3, 0.4) is 0 Å². The first-order chi connectivity index (χ1) is 11.3. The average molecular weight is 485 g/mol. The molecule has 0 fully saturated rings. The number of nitrogens with one attached hydrogen (secondary N) is 2. The number of halogens is 1. The molecule has 0 saturated carbocycles. The minimum Gasteiger partial charge on any atom is -0.357 e. The van der Waals surface area contributed by atoms with E-state index in [2.05, 4.69) is 25.2 Å². The third kappa shape index (κ3) is 11.4. The van der Waals surface area contributed by atoms with Crippen LogP contribution in [0.15, 0.2) is 17.4 Å². The van der Waals surface area contributed by atoms with Crippen LogP contribution >= 0.6 is 24.0 Å². The number of guanidine groups is 1. The summed E-state index contributed by atoms with van der Waals surface area (Å²) in [6.07, 6.45) is 7.69. The highest BCUT2D eigenvalue weighted by molar-refractivity contribution is 14.0. The Hall–Kier alpha value is -0.840.